The van der Waals surface area contributed by atoms with E-state index in [0.717, 1.165) is 111 Å². The van der Waals surface area contributed by atoms with E-state index in [-0.39, 0.29) is 30.9 Å². The van der Waals surface area contributed by atoms with Crippen LogP contribution in [0.25, 0.3) is 0 Å². The molecule has 2 aliphatic carbocycles. The molecule has 42 heavy (non-hydrogen) atoms. The van der Waals surface area contributed by atoms with Gasteiger partial charge in [-0.2, -0.15) is 0 Å². The number of halogens is 2. The Morgan fingerprint density at radius 3 is 1.45 bits per heavy atom. The van der Waals surface area contributed by atoms with Gasteiger partial charge in [0.15, 0.2) is 0 Å². The Balaban J connectivity index is 0.000000287. The Kier molecular flexibility index (Phi) is 13.8. The largest absolute Gasteiger partial charge is 0.367 e. The molecular weight excluding hydrogens is 573 g/mol. The summed E-state index contributed by atoms with van der Waals surface area (Å²) in [5.41, 5.74) is 4.25. The molecule has 0 amide bonds. The van der Waals surface area contributed by atoms with Gasteiger partial charge < -0.3 is 15.4 Å². The van der Waals surface area contributed by atoms with E-state index in [4.69, 9.17) is 0 Å². The van der Waals surface area contributed by atoms with E-state index < -0.39 is 5.92 Å². The minimum absolute atomic E-state index is 0. The first-order valence-corrected chi connectivity index (χ1v) is 15.2. The second-order valence-electron chi connectivity index (χ2n) is 12.6. The van der Waals surface area contributed by atoms with E-state index in [1.807, 2.05) is 34.6 Å². The molecule has 0 atom stereocenters. The van der Waals surface area contributed by atoms with E-state index in [1.165, 1.54) is 0 Å². The third kappa shape index (κ3) is 11.5. The fraction of sp³-hybridized carbons (Fsp3) is 0.719. The smallest absolute Gasteiger partial charge is 0.245 e. The number of carbonyl (C=O) groups excluding carboxylic acids is 1. The summed E-state index contributed by atoms with van der Waals surface area (Å²) >= 11 is 0. The number of aromatic nitrogens is 4. The molecule has 4 rings (SSSR count). The zero-order chi connectivity index (χ0) is 30.3. The number of Topliss-reactive ketones (excluding diaryl/α,β-unsaturated/α-hetero) is 1. The maximum atomic E-state index is 13.1. The monoisotopic (exact) mass is 623 g/mol. The van der Waals surface area contributed by atoms with Crippen molar-refractivity contribution < 1.29 is 32.1 Å². The predicted molar refractivity (Wildman–Crippen MR) is 162 cm³/mol. The normalized spacial score (nSPS) is 22.3. The molecule has 2 fully saturated rings. The molecule has 233 valence electrons. The van der Waals surface area contributed by atoms with Crippen molar-refractivity contribution >= 4 is 17.4 Å². The molecule has 2 heterocycles. The van der Waals surface area contributed by atoms with Gasteiger partial charge in [-0.15, -0.1) is 0 Å². The molecule has 2 N–H and O–H groups in total. The Bertz CT molecular complexity index is 1170. The van der Waals surface area contributed by atoms with Gasteiger partial charge in [0.1, 0.15) is 29.1 Å². The van der Waals surface area contributed by atoms with Gasteiger partial charge in [0, 0.05) is 66.0 Å². The van der Waals surface area contributed by atoms with Crippen LogP contribution in [0, 0.1) is 53.4 Å². The standard InChI is InChI=1S/C16H25F2N3.C16H25N3O.V/c1-10-11(2)19-12(3)20-15(10)21-14-7-5-13(6-8-14)9-16(4,17)18;1-10(20)9-14-5-7-15(8-6-14)19-16-11(2)12(3)17-13(4)18-16;/h13-14H,5-9H2,1-4H3,(H,19,20,21);14-15H,5-9H2,1-4H3,(H,17,18,19);. The van der Waals surface area contributed by atoms with Crippen LogP contribution in [0.5, 0.6) is 0 Å². The average molecular weight is 624 g/mol. The van der Waals surface area contributed by atoms with E-state index in [0.29, 0.717) is 23.8 Å². The molecule has 0 unspecified atom stereocenters. The minimum Gasteiger partial charge on any atom is -0.367 e. The van der Waals surface area contributed by atoms with Crippen LogP contribution in [-0.4, -0.2) is 43.7 Å². The van der Waals surface area contributed by atoms with E-state index in [9.17, 15) is 13.6 Å². The summed E-state index contributed by atoms with van der Waals surface area (Å²) in [5, 5.41) is 7.04. The Labute approximate surface area is 263 Å². The molecule has 7 nitrogen and oxygen atoms in total. The van der Waals surface area contributed by atoms with Crippen molar-refractivity contribution in [1.82, 2.24) is 19.9 Å². The number of carbonyl (C=O) groups is 1. The Morgan fingerprint density at radius 1 is 0.714 bits per heavy atom. The summed E-state index contributed by atoms with van der Waals surface area (Å²) in [7, 11) is 0. The first kappa shape index (κ1) is 36.1. The van der Waals surface area contributed by atoms with Crippen molar-refractivity contribution in [3.05, 3.63) is 34.2 Å². The number of nitrogens with zero attached hydrogens (tertiary/aromatic N) is 4. The topological polar surface area (TPSA) is 92.7 Å². The van der Waals surface area contributed by atoms with Gasteiger partial charge in [-0.3, -0.25) is 0 Å². The van der Waals surface area contributed by atoms with E-state index in [2.05, 4.69) is 37.5 Å². The molecule has 2 aromatic heterocycles. The van der Waals surface area contributed by atoms with Crippen LogP contribution >= 0.6 is 0 Å². The maximum Gasteiger partial charge on any atom is 0.245 e. The Morgan fingerprint density at radius 2 is 1.10 bits per heavy atom. The fourth-order valence-corrected chi connectivity index (χ4v) is 6.14. The molecule has 0 bridgehead atoms. The number of hydrogen-bond acceptors (Lipinski definition) is 7. The summed E-state index contributed by atoms with van der Waals surface area (Å²) in [6.45, 7) is 14.6. The number of ketones is 1. The van der Waals surface area contributed by atoms with Gasteiger partial charge >= 0.3 is 0 Å². The Hall–Kier alpha value is -2.13. The predicted octanol–water partition coefficient (Wildman–Crippen LogP) is 7.77. The summed E-state index contributed by atoms with van der Waals surface area (Å²) in [4.78, 5) is 28.9. The van der Waals surface area contributed by atoms with Gasteiger partial charge in [0.25, 0.3) is 0 Å². The molecular formula is C32H50F2N6OV. The first-order valence-electron chi connectivity index (χ1n) is 15.2. The van der Waals surface area contributed by atoms with Crippen molar-refractivity contribution in [1.29, 1.82) is 0 Å². The van der Waals surface area contributed by atoms with Crippen LogP contribution in [0.4, 0.5) is 20.4 Å². The van der Waals surface area contributed by atoms with Crippen LogP contribution in [0.15, 0.2) is 0 Å². The van der Waals surface area contributed by atoms with Gasteiger partial charge in [-0.1, -0.05) is 0 Å². The molecule has 1 radical (unpaired) electrons. The van der Waals surface area contributed by atoms with Gasteiger partial charge in [0.2, 0.25) is 5.92 Å². The van der Waals surface area contributed by atoms with Gasteiger partial charge in [-0.25, -0.2) is 28.7 Å². The molecule has 2 aliphatic rings. The number of hydrogen-bond donors (Lipinski definition) is 2. The molecule has 2 saturated carbocycles. The van der Waals surface area contributed by atoms with E-state index >= 15 is 0 Å². The van der Waals surface area contributed by atoms with Crippen LogP contribution in [0.3, 0.4) is 0 Å². The molecule has 0 aliphatic heterocycles. The molecule has 10 heteroatoms. The second kappa shape index (κ2) is 16.1. The fourth-order valence-electron chi connectivity index (χ4n) is 6.14. The number of alkyl halides is 2. The molecule has 0 spiro atoms. The van der Waals surface area contributed by atoms with Crippen molar-refractivity contribution in [3.63, 3.8) is 0 Å². The number of nitrogens with one attached hydrogen (secondary N) is 2. The van der Waals surface area contributed by atoms with E-state index in [1.54, 1.807) is 6.92 Å². The van der Waals surface area contributed by atoms with Crippen LogP contribution < -0.4 is 10.6 Å². The van der Waals surface area contributed by atoms with Crippen molar-refractivity contribution in [2.75, 3.05) is 10.6 Å². The molecule has 0 aromatic carbocycles. The van der Waals surface area contributed by atoms with Crippen molar-refractivity contribution in [2.24, 2.45) is 11.8 Å². The van der Waals surface area contributed by atoms with Crippen molar-refractivity contribution in [3.8, 4) is 0 Å². The van der Waals surface area contributed by atoms with Crippen LogP contribution in [0.1, 0.15) is 112 Å². The summed E-state index contributed by atoms with van der Waals surface area (Å²) in [5.74, 6) is 1.97. The molecule has 0 saturated heterocycles. The number of anilines is 2. The second-order valence-corrected chi connectivity index (χ2v) is 12.6. The van der Waals surface area contributed by atoms with Crippen LogP contribution in [-0.2, 0) is 23.4 Å². The third-order valence-electron chi connectivity index (χ3n) is 8.60. The summed E-state index contributed by atoms with van der Waals surface area (Å²) < 4.78 is 26.1. The first-order chi connectivity index (χ1) is 19.2. The zero-order valence-corrected chi connectivity index (χ0v) is 28.2. The summed E-state index contributed by atoms with van der Waals surface area (Å²) in [6.07, 6.45) is 8.89. The SMILES string of the molecule is CC(=O)CC1CCC(Nc2nc(C)nc(C)c2C)CC1.Cc1nc(C)c(C)c(NC2CCC(CC(C)(F)F)CC2)n1.[V]. The zero-order valence-electron chi connectivity index (χ0n) is 26.8. The van der Waals surface area contributed by atoms with Crippen LogP contribution in [0.2, 0.25) is 0 Å². The number of aryl methyl sites for hydroxylation is 4. The quantitative estimate of drug-likeness (QED) is 0.310. The van der Waals surface area contributed by atoms with Crippen molar-refractivity contribution in [2.45, 2.75) is 138 Å². The minimum atomic E-state index is -2.54. The third-order valence-corrected chi connectivity index (χ3v) is 8.60. The maximum absolute atomic E-state index is 13.1. The number of rotatable bonds is 8. The average Bonchev–Trinajstić information content (AvgIpc) is 2.87. The van der Waals surface area contributed by atoms with Gasteiger partial charge in [-0.05, 0) is 119 Å². The summed E-state index contributed by atoms with van der Waals surface area (Å²) in [6, 6.07) is 0.810. The van der Waals surface area contributed by atoms with Gasteiger partial charge in [0.05, 0.1) is 0 Å². The molecule has 2 aromatic rings.